The van der Waals surface area contributed by atoms with E-state index >= 15 is 0 Å². The molecule has 2 saturated heterocycles. The first-order valence-electron chi connectivity index (χ1n) is 10.6. The van der Waals surface area contributed by atoms with Crippen LogP contribution in [0.25, 0.3) is 11.0 Å². The van der Waals surface area contributed by atoms with Gasteiger partial charge in [0.1, 0.15) is 18.2 Å². The molecule has 2 aliphatic rings. The molecule has 3 aromatic rings. The van der Waals surface area contributed by atoms with Crippen molar-refractivity contribution in [3.8, 4) is 0 Å². The number of fused-ring (bicyclic) bond motifs is 1. The Hall–Kier alpha value is -3.10. The zero-order valence-electron chi connectivity index (χ0n) is 17.2. The standard InChI is InChI=1S/C23H25N5O3/c24-20-17-6-7-18(27-21(17)26-15-25-20)19-14-28(10-13-31-19)22(29)23(8-11-30-12-9-23)16-4-2-1-3-5-16/h1-7,15,19H,8-14H2,(H2,24,25,26,27)/t19-/m0/s1. The molecule has 0 saturated carbocycles. The van der Waals surface area contributed by atoms with Gasteiger partial charge in [-0.1, -0.05) is 30.3 Å². The lowest BCUT2D eigenvalue weighted by Gasteiger charge is -2.42. The number of pyridine rings is 1. The molecule has 1 aromatic carbocycles. The van der Waals surface area contributed by atoms with E-state index in [2.05, 4.69) is 27.1 Å². The van der Waals surface area contributed by atoms with E-state index in [0.29, 0.717) is 62.6 Å². The Morgan fingerprint density at radius 3 is 2.68 bits per heavy atom. The van der Waals surface area contributed by atoms with Crippen molar-refractivity contribution in [1.29, 1.82) is 0 Å². The third-order valence-corrected chi connectivity index (χ3v) is 6.32. The molecule has 8 nitrogen and oxygen atoms in total. The summed E-state index contributed by atoms with van der Waals surface area (Å²) in [5.41, 5.74) is 7.69. The van der Waals surface area contributed by atoms with Crippen molar-refractivity contribution < 1.29 is 14.3 Å². The normalized spacial score (nSPS) is 21.2. The summed E-state index contributed by atoms with van der Waals surface area (Å²) < 4.78 is 11.6. The van der Waals surface area contributed by atoms with E-state index in [1.807, 2.05) is 35.2 Å². The molecule has 2 N–H and O–H groups in total. The molecule has 0 aliphatic carbocycles. The van der Waals surface area contributed by atoms with Gasteiger partial charge in [-0.2, -0.15) is 0 Å². The number of anilines is 1. The number of nitrogens with two attached hydrogens (primary N) is 1. The van der Waals surface area contributed by atoms with Crippen molar-refractivity contribution in [3.63, 3.8) is 0 Å². The largest absolute Gasteiger partial charge is 0.383 e. The maximum atomic E-state index is 13.9. The summed E-state index contributed by atoms with van der Waals surface area (Å²) >= 11 is 0. The molecule has 8 heteroatoms. The maximum Gasteiger partial charge on any atom is 0.233 e. The molecule has 160 valence electrons. The Morgan fingerprint density at radius 1 is 1.06 bits per heavy atom. The van der Waals surface area contributed by atoms with Crippen LogP contribution in [0, 0.1) is 0 Å². The molecular formula is C23H25N5O3. The molecule has 2 aromatic heterocycles. The highest BCUT2D eigenvalue weighted by atomic mass is 16.5. The van der Waals surface area contributed by atoms with Crippen molar-refractivity contribution in [1.82, 2.24) is 19.9 Å². The zero-order chi connectivity index (χ0) is 21.3. The van der Waals surface area contributed by atoms with Crippen molar-refractivity contribution in [3.05, 3.63) is 60.0 Å². The van der Waals surface area contributed by atoms with Crippen LogP contribution in [0.5, 0.6) is 0 Å². The number of amides is 1. The lowest BCUT2D eigenvalue weighted by molar-refractivity contribution is -0.149. The highest BCUT2D eigenvalue weighted by Crippen LogP contribution is 2.38. The number of nitrogen functional groups attached to an aromatic ring is 1. The summed E-state index contributed by atoms with van der Waals surface area (Å²) in [4.78, 5) is 28.6. The van der Waals surface area contributed by atoms with Crippen molar-refractivity contribution in [2.45, 2.75) is 24.4 Å². The Kier molecular flexibility index (Phi) is 5.25. The van der Waals surface area contributed by atoms with E-state index in [0.717, 1.165) is 11.3 Å². The number of benzene rings is 1. The number of morpholine rings is 1. The summed E-state index contributed by atoms with van der Waals surface area (Å²) in [5.74, 6) is 0.539. The molecular weight excluding hydrogens is 394 g/mol. The summed E-state index contributed by atoms with van der Waals surface area (Å²) in [6.07, 6.45) is 2.46. The minimum absolute atomic E-state index is 0.141. The molecule has 2 fully saturated rings. The first kappa shape index (κ1) is 19.8. The fourth-order valence-electron chi connectivity index (χ4n) is 4.57. The molecule has 0 unspecified atom stereocenters. The van der Waals surface area contributed by atoms with Crippen molar-refractivity contribution in [2.75, 3.05) is 38.6 Å². The molecule has 0 spiro atoms. The number of hydrogen-bond donors (Lipinski definition) is 1. The number of hydrogen-bond acceptors (Lipinski definition) is 7. The molecule has 4 heterocycles. The van der Waals surface area contributed by atoms with Crippen molar-refractivity contribution >= 4 is 22.8 Å². The van der Waals surface area contributed by atoms with Gasteiger partial charge in [-0.05, 0) is 30.5 Å². The predicted octanol–water partition coefficient (Wildman–Crippen LogP) is 2.26. The molecule has 0 bridgehead atoms. The molecule has 1 amide bonds. The van der Waals surface area contributed by atoms with Gasteiger partial charge in [0.05, 0.1) is 29.6 Å². The van der Waals surface area contributed by atoms with Gasteiger partial charge in [-0.15, -0.1) is 0 Å². The first-order valence-corrected chi connectivity index (χ1v) is 10.6. The Bertz CT molecular complexity index is 1090. The summed E-state index contributed by atoms with van der Waals surface area (Å²) in [7, 11) is 0. The number of nitrogens with zero attached hydrogens (tertiary/aromatic N) is 4. The molecule has 0 radical (unpaired) electrons. The minimum Gasteiger partial charge on any atom is -0.383 e. The number of aromatic nitrogens is 3. The van der Waals surface area contributed by atoms with Crippen LogP contribution in [0.1, 0.15) is 30.2 Å². The maximum absolute atomic E-state index is 13.9. The van der Waals surface area contributed by atoms with Gasteiger partial charge in [-0.25, -0.2) is 15.0 Å². The van der Waals surface area contributed by atoms with E-state index in [1.54, 1.807) is 0 Å². The van der Waals surface area contributed by atoms with E-state index in [-0.39, 0.29) is 12.0 Å². The minimum atomic E-state index is -0.556. The highest BCUT2D eigenvalue weighted by molar-refractivity contribution is 5.88. The Morgan fingerprint density at radius 2 is 1.87 bits per heavy atom. The van der Waals surface area contributed by atoms with E-state index in [9.17, 15) is 4.79 Å². The van der Waals surface area contributed by atoms with E-state index < -0.39 is 5.41 Å². The number of carbonyl (C=O) groups is 1. The molecule has 5 rings (SSSR count). The zero-order valence-corrected chi connectivity index (χ0v) is 17.2. The van der Waals surface area contributed by atoms with Crippen LogP contribution in [-0.2, 0) is 19.7 Å². The first-order chi connectivity index (χ1) is 15.2. The monoisotopic (exact) mass is 419 g/mol. The van der Waals surface area contributed by atoms with E-state index in [1.165, 1.54) is 6.33 Å². The van der Waals surface area contributed by atoms with E-state index in [4.69, 9.17) is 15.2 Å². The third kappa shape index (κ3) is 3.62. The molecule has 2 aliphatic heterocycles. The highest BCUT2D eigenvalue weighted by Gasteiger charge is 2.45. The predicted molar refractivity (Wildman–Crippen MR) is 115 cm³/mol. The van der Waals surface area contributed by atoms with Crippen LogP contribution in [0.2, 0.25) is 0 Å². The second-order valence-corrected chi connectivity index (χ2v) is 8.04. The lowest BCUT2D eigenvalue weighted by Crippen LogP contribution is -2.53. The van der Waals surface area contributed by atoms with Crippen LogP contribution in [-0.4, -0.2) is 58.7 Å². The van der Waals surface area contributed by atoms with Gasteiger partial charge in [0.2, 0.25) is 5.91 Å². The summed E-state index contributed by atoms with van der Waals surface area (Å²) in [5, 5.41) is 0.709. The average Bonchev–Trinajstić information content (AvgIpc) is 2.84. The molecule has 1 atom stereocenters. The summed E-state index contributed by atoms with van der Waals surface area (Å²) in [6.45, 7) is 2.65. The second kappa shape index (κ2) is 8.20. The van der Waals surface area contributed by atoms with Gasteiger partial charge in [0.25, 0.3) is 0 Å². The topological polar surface area (TPSA) is 103 Å². The van der Waals surface area contributed by atoms with Crippen LogP contribution < -0.4 is 5.73 Å². The number of rotatable bonds is 3. The number of ether oxygens (including phenoxy) is 2. The fourth-order valence-corrected chi connectivity index (χ4v) is 4.57. The van der Waals surface area contributed by atoms with Crippen LogP contribution in [0.4, 0.5) is 5.82 Å². The van der Waals surface area contributed by atoms with Crippen LogP contribution in [0.3, 0.4) is 0 Å². The smallest absolute Gasteiger partial charge is 0.233 e. The Labute approximate surface area is 180 Å². The SMILES string of the molecule is Nc1ncnc2nc([C@@H]3CN(C(=O)C4(c5ccccc5)CCOCC4)CCO3)ccc12. The van der Waals surface area contributed by atoms with Crippen LogP contribution >= 0.6 is 0 Å². The number of carbonyl (C=O) groups excluding carboxylic acids is 1. The van der Waals surface area contributed by atoms with Gasteiger partial charge in [0, 0.05) is 19.8 Å². The fraction of sp³-hybridized carbons (Fsp3) is 0.391. The van der Waals surface area contributed by atoms with Gasteiger partial charge in [0.15, 0.2) is 5.65 Å². The van der Waals surface area contributed by atoms with Gasteiger partial charge in [-0.3, -0.25) is 4.79 Å². The van der Waals surface area contributed by atoms with Crippen molar-refractivity contribution in [2.24, 2.45) is 0 Å². The Balaban J connectivity index is 1.42. The quantitative estimate of drug-likeness (QED) is 0.694. The van der Waals surface area contributed by atoms with Crippen LogP contribution in [0.15, 0.2) is 48.8 Å². The third-order valence-electron chi connectivity index (χ3n) is 6.32. The lowest BCUT2D eigenvalue weighted by atomic mass is 9.73. The van der Waals surface area contributed by atoms with Gasteiger partial charge < -0.3 is 20.1 Å². The van der Waals surface area contributed by atoms with Gasteiger partial charge >= 0.3 is 0 Å². The second-order valence-electron chi connectivity index (χ2n) is 8.04. The summed E-state index contributed by atoms with van der Waals surface area (Å²) in [6, 6.07) is 13.8. The molecule has 31 heavy (non-hydrogen) atoms. The average molecular weight is 419 g/mol.